The molecule has 0 bridgehead atoms. The van der Waals surface area contributed by atoms with Gasteiger partial charge in [0.15, 0.2) is 5.76 Å². The maximum atomic E-state index is 12.6. The molecule has 0 aliphatic carbocycles. The summed E-state index contributed by atoms with van der Waals surface area (Å²) in [6, 6.07) is 1.45. The number of aromatic amines is 1. The van der Waals surface area contributed by atoms with E-state index >= 15 is 0 Å². The van der Waals surface area contributed by atoms with E-state index in [1.165, 1.54) is 13.2 Å². The van der Waals surface area contributed by atoms with Crippen molar-refractivity contribution in [1.82, 2.24) is 15.4 Å². The number of aromatic nitrogens is 1. The van der Waals surface area contributed by atoms with Crippen molar-refractivity contribution in [3.63, 3.8) is 0 Å². The predicted octanol–water partition coefficient (Wildman–Crippen LogP) is 0.660. The average molecular weight is 349 g/mol. The first-order valence-corrected chi connectivity index (χ1v) is 7.84. The number of ether oxygens (including phenoxy) is 1. The third-order valence-electron chi connectivity index (χ3n) is 4.15. The summed E-state index contributed by atoms with van der Waals surface area (Å²) in [6.07, 6.45) is 2.04. The van der Waals surface area contributed by atoms with Gasteiger partial charge in [-0.15, -0.1) is 0 Å². The largest absolute Gasteiger partial charge is 0.459 e. The van der Waals surface area contributed by atoms with Crippen molar-refractivity contribution in [3.8, 4) is 0 Å². The van der Waals surface area contributed by atoms with Gasteiger partial charge in [0.2, 0.25) is 0 Å². The number of nitrogens with zero attached hydrogens (tertiary/aromatic N) is 1. The number of amides is 2. The van der Waals surface area contributed by atoms with Crippen molar-refractivity contribution in [2.45, 2.75) is 26.0 Å². The van der Waals surface area contributed by atoms with Crippen LogP contribution in [0.4, 0.5) is 0 Å². The Morgan fingerprint density at radius 3 is 2.96 bits per heavy atom. The number of hydrogen-bond acceptors (Lipinski definition) is 6. The van der Waals surface area contributed by atoms with Gasteiger partial charge in [-0.2, -0.15) is 5.16 Å². The Morgan fingerprint density at radius 1 is 1.48 bits per heavy atom. The van der Waals surface area contributed by atoms with Gasteiger partial charge in [0, 0.05) is 31.8 Å². The molecule has 1 atom stereocenters. The Hall–Kier alpha value is -2.81. The van der Waals surface area contributed by atoms with E-state index in [0.29, 0.717) is 25.1 Å². The van der Waals surface area contributed by atoms with Crippen LogP contribution in [0.25, 0.3) is 0 Å². The molecule has 0 spiro atoms. The molecular weight excluding hydrogens is 330 g/mol. The van der Waals surface area contributed by atoms with Gasteiger partial charge in [0.05, 0.1) is 12.9 Å². The molecule has 0 radical (unpaired) electrons. The van der Waals surface area contributed by atoms with Crippen LogP contribution >= 0.6 is 0 Å². The van der Waals surface area contributed by atoms with Crippen molar-refractivity contribution in [2.75, 3.05) is 20.2 Å². The van der Waals surface area contributed by atoms with Gasteiger partial charge >= 0.3 is 0 Å². The summed E-state index contributed by atoms with van der Waals surface area (Å²) < 4.78 is 15.2. The third kappa shape index (κ3) is 3.36. The van der Waals surface area contributed by atoms with Crippen LogP contribution in [0.15, 0.2) is 26.1 Å². The molecule has 0 aromatic carbocycles. The molecule has 9 nitrogen and oxygen atoms in total. The lowest BCUT2D eigenvalue weighted by Gasteiger charge is -2.16. The third-order valence-corrected chi connectivity index (χ3v) is 4.15. The van der Waals surface area contributed by atoms with Crippen molar-refractivity contribution in [3.05, 3.63) is 45.3 Å². The van der Waals surface area contributed by atoms with Gasteiger partial charge < -0.3 is 23.9 Å². The minimum Gasteiger partial charge on any atom is -0.459 e. The van der Waals surface area contributed by atoms with Crippen LogP contribution < -0.4 is 10.9 Å². The molecular formula is C16H19N3O6. The van der Waals surface area contributed by atoms with Crippen LogP contribution in [-0.2, 0) is 11.3 Å². The molecule has 0 saturated carbocycles. The molecule has 1 aliphatic rings. The molecule has 9 heteroatoms. The lowest BCUT2D eigenvalue weighted by atomic mass is 10.2. The Morgan fingerprint density at radius 2 is 2.28 bits per heavy atom. The molecule has 1 unspecified atom stereocenters. The summed E-state index contributed by atoms with van der Waals surface area (Å²) >= 11 is 0. The Labute approximate surface area is 142 Å². The number of likely N-dealkylation sites (tertiary alicyclic amines) is 1. The summed E-state index contributed by atoms with van der Waals surface area (Å²) in [5.41, 5.74) is 0.0689. The molecule has 2 N–H and O–H groups in total. The van der Waals surface area contributed by atoms with E-state index in [1.807, 2.05) is 0 Å². The fourth-order valence-corrected chi connectivity index (χ4v) is 2.90. The van der Waals surface area contributed by atoms with Gasteiger partial charge in [-0.1, -0.05) is 0 Å². The Kier molecular flexibility index (Phi) is 4.75. The highest BCUT2D eigenvalue weighted by Crippen LogP contribution is 2.18. The fraction of sp³-hybridized carbons (Fsp3) is 0.438. The van der Waals surface area contributed by atoms with E-state index in [1.54, 1.807) is 18.1 Å². The van der Waals surface area contributed by atoms with E-state index in [2.05, 4.69) is 10.5 Å². The second kappa shape index (κ2) is 6.98. The molecule has 134 valence electrons. The topological polar surface area (TPSA) is 118 Å². The SMILES string of the molecule is COCc1ccoc1C(=O)N1CCC(NC(=O)c2c(C)o[nH]c2=O)C1. The van der Waals surface area contributed by atoms with Crippen molar-refractivity contribution < 1.29 is 23.3 Å². The molecule has 2 amide bonds. The molecule has 1 fully saturated rings. The molecule has 3 heterocycles. The van der Waals surface area contributed by atoms with Crippen LogP contribution in [0.5, 0.6) is 0 Å². The zero-order valence-electron chi connectivity index (χ0n) is 14.0. The van der Waals surface area contributed by atoms with Crippen molar-refractivity contribution in [2.24, 2.45) is 0 Å². The van der Waals surface area contributed by atoms with E-state index < -0.39 is 11.5 Å². The van der Waals surface area contributed by atoms with Gasteiger partial charge in [-0.25, -0.2) is 0 Å². The van der Waals surface area contributed by atoms with Gasteiger partial charge in [-0.3, -0.25) is 14.4 Å². The number of aryl methyl sites for hydroxylation is 1. The van der Waals surface area contributed by atoms with E-state index in [4.69, 9.17) is 13.7 Å². The van der Waals surface area contributed by atoms with Crippen molar-refractivity contribution in [1.29, 1.82) is 0 Å². The molecule has 1 saturated heterocycles. The first-order chi connectivity index (χ1) is 12.0. The predicted molar refractivity (Wildman–Crippen MR) is 85.3 cm³/mol. The Bertz CT molecular complexity index is 833. The number of nitrogens with one attached hydrogen (secondary N) is 2. The summed E-state index contributed by atoms with van der Waals surface area (Å²) in [5.74, 6) is -0.278. The number of rotatable bonds is 5. The monoisotopic (exact) mass is 349 g/mol. The number of hydrogen-bond donors (Lipinski definition) is 2. The van der Waals surface area contributed by atoms with Gasteiger partial charge in [-0.05, 0) is 19.4 Å². The van der Waals surface area contributed by atoms with Gasteiger partial charge in [0.1, 0.15) is 11.3 Å². The highest BCUT2D eigenvalue weighted by atomic mass is 16.5. The molecule has 1 aliphatic heterocycles. The van der Waals surface area contributed by atoms with E-state index in [9.17, 15) is 14.4 Å². The van der Waals surface area contributed by atoms with Gasteiger partial charge in [0.25, 0.3) is 17.4 Å². The zero-order valence-corrected chi connectivity index (χ0v) is 14.0. The number of H-pyrrole nitrogens is 1. The lowest BCUT2D eigenvalue weighted by Crippen LogP contribution is -2.40. The van der Waals surface area contributed by atoms with Crippen LogP contribution in [-0.4, -0.2) is 48.1 Å². The standard InChI is InChI=1S/C16H19N3O6/c1-9-12(15(21)18-25-9)14(20)17-11-3-5-19(7-11)16(22)13-10(8-23-2)4-6-24-13/h4,6,11H,3,5,7-8H2,1-2H3,(H,17,20)(H,18,21). The smallest absolute Gasteiger partial charge is 0.293 e. The number of furan rings is 1. The lowest BCUT2D eigenvalue weighted by molar-refractivity contribution is 0.0746. The van der Waals surface area contributed by atoms with Crippen LogP contribution in [0.1, 0.15) is 38.7 Å². The van der Waals surface area contributed by atoms with Crippen LogP contribution in [0.3, 0.4) is 0 Å². The molecule has 2 aromatic heterocycles. The maximum absolute atomic E-state index is 12.6. The first-order valence-electron chi connectivity index (χ1n) is 7.84. The molecule has 25 heavy (non-hydrogen) atoms. The number of methoxy groups -OCH3 is 1. The second-order valence-corrected chi connectivity index (χ2v) is 5.88. The first kappa shape index (κ1) is 17.0. The number of carbonyl (C=O) groups is 2. The highest BCUT2D eigenvalue weighted by Gasteiger charge is 2.31. The molecule has 3 rings (SSSR count). The Balaban J connectivity index is 1.64. The van der Waals surface area contributed by atoms with E-state index in [0.717, 1.165) is 0 Å². The minimum atomic E-state index is -0.569. The molecule has 2 aromatic rings. The quantitative estimate of drug-likeness (QED) is 0.819. The summed E-state index contributed by atoms with van der Waals surface area (Å²) in [4.78, 5) is 38.0. The minimum absolute atomic E-state index is 0.0433. The van der Waals surface area contributed by atoms with E-state index in [-0.39, 0.29) is 35.6 Å². The summed E-state index contributed by atoms with van der Waals surface area (Å²) in [5, 5.41) is 4.89. The summed E-state index contributed by atoms with van der Waals surface area (Å²) in [7, 11) is 1.54. The van der Waals surface area contributed by atoms with Crippen LogP contribution in [0.2, 0.25) is 0 Å². The zero-order chi connectivity index (χ0) is 18.0. The number of carbonyl (C=O) groups excluding carboxylic acids is 2. The normalized spacial score (nSPS) is 17.0. The fourth-order valence-electron chi connectivity index (χ4n) is 2.90. The van der Waals surface area contributed by atoms with Crippen LogP contribution in [0, 0.1) is 6.92 Å². The van der Waals surface area contributed by atoms with Crippen molar-refractivity contribution >= 4 is 11.8 Å². The highest BCUT2D eigenvalue weighted by molar-refractivity contribution is 5.95. The second-order valence-electron chi connectivity index (χ2n) is 5.88. The average Bonchev–Trinajstić information content (AvgIpc) is 3.28. The summed E-state index contributed by atoms with van der Waals surface area (Å²) in [6.45, 7) is 2.64. The maximum Gasteiger partial charge on any atom is 0.293 e.